The molecular formula is C12H19N5O3S. The van der Waals surface area contributed by atoms with Gasteiger partial charge >= 0.3 is 0 Å². The van der Waals surface area contributed by atoms with Gasteiger partial charge in [0.1, 0.15) is 9.84 Å². The van der Waals surface area contributed by atoms with Gasteiger partial charge in [-0.15, -0.1) is 0 Å². The number of carbonyl (C=O) groups is 1. The van der Waals surface area contributed by atoms with Crippen molar-refractivity contribution in [2.24, 2.45) is 0 Å². The molecule has 9 heteroatoms. The second-order valence-electron chi connectivity index (χ2n) is 5.57. The molecule has 0 aromatic carbocycles. The highest BCUT2D eigenvalue weighted by atomic mass is 32.2. The summed E-state index contributed by atoms with van der Waals surface area (Å²) >= 11 is 0. The van der Waals surface area contributed by atoms with Gasteiger partial charge in [-0.2, -0.15) is 15.4 Å². The molecule has 1 amide bonds. The Morgan fingerprint density at radius 2 is 1.86 bits per heavy atom. The number of piperazine rings is 1. The Morgan fingerprint density at radius 1 is 1.19 bits per heavy atom. The molecule has 2 aliphatic heterocycles. The highest BCUT2D eigenvalue weighted by Gasteiger charge is 2.31. The first-order chi connectivity index (χ1) is 10.1. The minimum absolute atomic E-state index is 0.102. The first-order valence-corrected chi connectivity index (χ1v) is 8.97. The summed E-state index contributed by atoms with van der Waals surface area (Å²) in [7, 11) is -2.82. The van der Waals surface area contributed by atoms with E-state index in [-0.39, 0.29) is 17.4 Å². The lowest BCUT2D eigenvalue weighted by Crippen LogP contribution is -2.53. The zero-order chi connectivity index (χ0) is 14.9. The number of rotatable bonds is 2. The molecule has 0 aliphatic carbocycles. The van der Waals surface area contributed by atoms with Crippen LogP contribution in [0.25, 0.3) is 0 Å². The zero-order valence-corrected chi connectivity index (χ0v) is 12.5. The van der Waals surface area contributed by atoms with E-state index < -0.39 is 9.84 Å². The van der Waals surface area contributed by atoms with Crippen molar-refractivity contribution in [3.8, 4) is 0 Å². The number of sulfone groups is 1. The van der Waals surface area contributed by atoms with E-state index in [0.29, 0.717) is 37.7 Å². The third-order valence-corrected chi connectivity index (χ3v) is 5.99. The third-order valence-electron chi connectivity index (χ3n) is 4.28. The van der Waals surface area contributed by atoms with Crippen molar-refractivity contribution in [2.45, 2.75) is 18.9 Å². The summed E-state index contributed by atoms with van der Waals surface area (Å²) in [6, 6.07) is 0.331. The molecule has 1 aromatic rings. The quantitative estimate of drug-likeness (QED) is 0.763. The first kappa shape index (κ1) is 14.5. The Hall–Kier alpha value is -1.48. The van der Waals surface area contributed by atoms with E-state index in [1.54, 1.807) is 4.90 Å². The van der Waals surface area contributed by atoms with Gasteiger partial charge in [0, 0.05) is 32.2 Å². The molecule has 0 atom stereocenters. The van der Waals surface area contributed by atoms with Gasteiger partial charge in [0.25, 0.3) is 5.91 Å². The predicted octanol–water partition coefficient (Wildman–Crippen LogP) is -0.860. The largest absolute Gasteiger partial charge is 0.335 e. The summed E-state index contributed by atoms with van der Waals surface area (Å²) in [5.74, 6) is 0.473. The lowest BCUT2D eigenvalue weighted by Gasteiger charge is -2.40. The average molecular weight is 313 g/mol. The van der Waals surface area contributed by atoms with Gasteiger partial charge < -0.3 is 4.90 Å². The third kappa shape index (κ3) is 3.24. The number of amides is 1. The lowest BCUT2D eigenvalue weighted by molar-refractivity contribution is 0.0552. The minimum Gasteiger partial charge on any atom is -0.335 e. The summed E-state index contributed by atoms with van der Waals surface area (Å²) in [6.07, 6.45) is 2.85. The SMILES string of the molecule is O=C(c1cn[nH]n1)N1CCN(C2CCS(=O)(=O)CC2)CC1. The number of aromatic nitrogens is 3. The molecule has 3 rings (SSSR count). The van der Waals surface area contributed by atoms with Crippen LogP contribution in [0.3, 0.4) is 0 Å². The molecule has 0 spiro atoms. The van der Waals surface area contributed by atoms with E-state index in [9.17, 15) is 13.2 Å². The monoisotopic (exact) mass is 313 g/mol. The van der Waals surface area contributed by atoms with E-state index in [1.165, 1.54) is 6.20 Å². The number of H-pyrrole nitrogens is 1. The summed E-state index contributed by atoms with van der Waals surface area (Å²) < 4.78 is 22.9. The van der Waals surface area contributed by atoms with Crippen molar-refractivity contribution in [3.63, 3.8) is 0 Å². The summed E-state index contributed by atoms with van der Waals surface area (Å²) in [6.45, 7) is 2.87. The number of hydrogen-bond acceptors (Lipinski definition) is 6. The maximum atomic E-state index is 12.1. The normalized spacial score (nSPS) is 24.1. The van der Waals surface area contributed by atoms with Crippen molar-refractivity contribution in [2.75, 3.05) is 37.7 Å². The van der Waals surface area contributed by atoms with Gasteiger partial charge in [0.15, 0.2) is 5.69 Å². The van der Waals surface area contributed by atoms with Crippen LogP contribution >= 0.6 is 0 Å². The fourth-order valence-electron chi connectivity index (χ4n) is 3.00. The van der Waals surface area contributed by atoms with E-state index in [1.807, 2.05) is 0 Å². The van der Waals surface area contributed by atoms with Crippen molar-refractivity contribution in [1.29, 1.82) is 0 Å². The maximum Gasteiger partial charge on any atom is 0.276 e. The molecule has 0 bridgehead atoms. The molecule has 2 saturated heterocycles. The van der Waals surface area contributed by atoms with Crippen LogP contribution in [0.1, 0.15) is 23.3 Å². The van der Waals surface area contributed by atoms with Gasteiger partial charge in [-0.25, -0.2) is 8.42 Å². The van der Waals surface area contributed by atoms with Gasteiger partial charge in [-0.05, 0) is 12.8 Å². The van der Waals surface area contributed by atoms with Crippen LogP contribution in [0, 0.1) is 0 Å². The smallest absolute Gasteiger partial charge is 0.276 e. The summed E-state index contributed by atoms with van der Waals surface area (Å²) in [5, 5.41) is 9.90. The van der Waals surface area contributed by atoms with Crippen molar-refractivity contribution < 1.29 is 13.2 Å². The highest BCUT2D eigenvalue weighted by Crippen LogP contribution is 2.20. The Kier molecular flexibility index (Phi) is 3.94. The molecule has 21 heavy (non-hydrogen) atoms. The second-order valence-corrected chi connectivity index (χ2v) is 7.87. The topological polar surface area (TPSA) is 99.3 Å². The molecule has 2 aliphatic rings. The summed E-state index contributed by atoms with van der Waals surface area (Å²) in [5.41, 5.74) is 0.340. The minimum atomic E-state index is -2.82. The van der Waals surface area contributed by atoms with Crippen LogP contribution in [-0.4, -0.2) is 83.3 Å². The molecule has 3 heterocycles. The fraction of sp³-hybridized carbons (Fsp3) is 0.750. The zero-order valence-electron chi connectivity index (χ0n) is 11.7. The van der Waals surface area contributed by atoms with E-state index in [0.717, 1.165) is 13.1 Å². The van der Waals surface area contributed by atoms with E-state index >= 15 is 0 Å². The molecule has 116 valence electrons. The number of nitrogens with zero attached hydrogens (tertiary/aromatic N) is 4. The van der Waals surface area contributed by atoms with Gasteiger partial charge in [0.05, 0.1) is 17.7 Å². The fourth-order valence-corrected chi connectivity index (χ4v) is 4.47. The van der Waals surface area contributed by atoms with Crippen molar-refractivity contribution >= 4 is 15.7 Å². The van der Waals surface area contributed by atoms with Crippen molar-refractivity contribution in [1.82, 2.24) is 25.2 Å². The maximum absolute atomic E-state index is 12.1. The van der Waals surface area contributed by atoms with Gasteiger partial charge in [0.2, 0.25) is 0 Å². The van der Waals surface area contributed by atoms with Crippen molar-refractivity contribution in [3.05, 3.63) is 11.9 Å². The van der Waals surface area contributed by atoms with Gasteiger partial charge in [-0.3, -0.25) is 9.69 Å². The second kappa shape index (κ2) is 5.72. The molecule has 8 nitrogen and oxygen atoms in total. The Bertz CT molecular complexity index is 578. The van der Waals surface area contributed by atoms with E-state index in [2.05, 4.69) is 20.3 Å². The average Bonchev–Trinajstić information content (AvgIpc) is 3.01. The molecule has 0 radical (unpaired) electrons. The Morgan fingerprint density at radius 3 is 2.43 bits per heavy atom. The molecule has 0 unspecified atom stereocenters. The van der Waals surface area contributed by atoms with Gasteiger partial charge in [-0.1, -0.05) is 0 Å². The number of aromatic amines is 1. The highest BCUT2D eigenvalue weighted by molar-refractivity contribution is 7.91. The van der Waals surface area contributed by atoms with Crippen LogP contribution in [0.2, 0.25) is 0 Å². The molecule has 2 fully saturated rings. The number of carbonyl (C=O) groups excluding carboxylic acids is 1. The van der Waals surface area contributed by atoms with Crippen LogP contribution in [-0.2, 0) is 9.84 Å². The molecule has 1 aromatic heterocycles. The number of hydrogen-bond donors (Lipinski definition) is 1. The van der Waals surface area contributed by atoms with Crippen LogP contribution in [0.4, 0.5) is 0 Å². The summed E-state index contributed by atoms with van der Waals surface area (Å²) in [4.78, 5) is 16.2. The Labute approximate surface area is 123 Å². The number of nitrogens with one attached hydrogen (secondary N) is 1. The molecule has 0 saturated carbocycles. The van der Waals surface area contributed by atoms with Crippen LogP contribution < -0.4 is 0 Å². The molecule has 1 N–H and O–H groups in total. The predicted molar refractivity (Wildman–Crippen MR) is 75.5 cm³/mol. The van der Waals surface area contributed by atoms with Crippen LogP contribution in [0.15, 0.2) is 6.20 Å². The Balaban J connectivity index is 1.53. The van der Waals surface area contributed by atoms with E-state index in [4.69, 9.17) is 0 Å². The lowest BCUT2D eigenvalue weighted by atomic mass is 10.1. The standard InChI is InChI=1S/C12H19N5O3S/c18-12(11-9-13-15-14-11)17-5-3-16(4-6-17)10-1-7-21(19,20)8-2-10/h9-10H,1-8H2,(H,13,14,15). The first-order valence-electron chi connectivity index (χ1n) is 7.15. The van der Waals surface area contributed by atoms with Crippen LogP contribution in [0.5, 0.6) is 0 Å². The molecular weight excluding hydrogens is 294 g/mol.